The largest absolute Gasteiger partial charge is 0.497 e. The first kappa shape index (κ1) is 35.4. The molecule has 2 saturated carbocycles. The number of carboxylic acid groups (broad SMARTS) is 1. The number of carbonyl (C=O) groups is 4. The molecule has 1 aromatic heterocycles. The first-order valence-electron chi connectivity index (χ1n) is 17.0. The third-order valence-corrected chi connectivity index (χ3v) is 12.7. The number of hydrogen-bond donors (Lipinski definition) is 4. The number of allylic oxidation sites excluding steroid dienone is 1. The Kier molecular flexibility index (Phi) is 9.43. The van der Waals surface area contributed by atoms with Crippen LogP contribution < -0.4 is 24.8 Å². The number of benzene rings is 1. The molecule has 4 aliphatic rings. The zero-order valence-corrected chi connectivity index (χ0v) is 29.4. The third kappa shape index (κ3) is 7.07. The Labute approximate surface area is 290 Å². The van der Waals surface area contributed by atoms with E-state index in [1.165, 1.54) is 18.2 Å². The second kappa shape index (κ2) is 13.3. The summed E-state index contributed by atoms with van der Waals surface area (Å²) >= 11 is 0. The molecule has 2 aliphatic heterocycles. The lowest BCUT2D eigenvalue weighted by atomic mass is 9.92. The van der Waals surface area contributed by atoms with Crippen molar-refractivity contribution in [1.29, 1.82) is 0 Å². The van der Waals surface area contributed by atoms with E-state index in [9.17, 15) is 32.7 Å². The van der Waals surface area contributed by atoms with Crippen molar-refractivity contribution in [2.24, 2.45) is 17.8 Å². The maximum absolute atomic E-state index is 14.2. The van der Waals surface area contributed by atoms with Gasteiger partial charge in [-0.2, -0.15) is 0 Å². The molecular weight excluding hydrogens is 668 g/mol. The van der Waals surface area contributed by atoms with Gasteiger partial charge in [0, 0.05) is 18.4 Å². The highest BCUT2D eigenvalue weighted by Crippen LogP contribution is 2.47. The van der Waals surface area contributed by atoms with Crippen LogP contribution in [0.25, 0.3) is 11.0 Å². The van der Waals surface area contributed by atoms with Crippen LogP contribution in [-0.2, 0) is 24.4 Å². The molecule has 3 fully saturated rings. The molecule has 6 rings (SSSR count). The number of fused-ring (bicyclic) bond motifs is 3. The van der Waals surface area contributed by atoms with Crippen molar-refractivity contribution in [3.8, 4) is 11.6 Å². The molecule has 1 saturated heterocycles. The number of amides is 4. The van der Waals surface area contributed by atoms with Gasteiger partial charge in [0.05, 0.1) is 35.6 Å². The van der Waals surface area contributed by atoms with Crippen molar-refractivity contribution in [2.45, 2.75) is 94.2 Å². The van der Waals surface area contributed by atoms with Crippen LogP contribution in [-0.4, -0.2) is 94.3 Å². The summed E-state index contributed by atoms with van der Waals surface area (Å²) in [6.07, 6.45) is 6.12. The summed E-state index contributed by atoms with van der Waals surface area (Å²) in [6, 6.07) is 2.88. The highest BCUT2D eigenvalue weighted by atomic mass is 32.2. The van der Waals surface area contributed by atoms with Crippen molar-refractivity contribution in [2.75, 3.05) is 13.7 Å². The average Bonchev–Trinajstić information content (AvgIpc) is 3.95. The van der Waals surface area contributed by atoms with E-state index in [4.69, 9.17) is 9.47 Å². The van der Waals surface area contributed by atoms with Crippen LogP contribution in [0.1, 0.15) is 65.7 Å². The van der Waals surface area contributed by atoms with E-state index < -0.39 is 74.1 Å². The van der Waals surface area contributed by atoms with Gasteiger partial charge in [0.2, 0.25) is 27.7 Å². The molecule has 0 spiro atoms. The molecule has 0 unspecified atom stereocenters. The summed E-state index contributed by atoms with van der Waals surface area (Å²) in [5.41, 5.74) is -0.436. The summed E-state index contributed by atoms with van der Waals surface area (Å²) in [7, 11) is -2.47. The highest BCUT2D eigenvalue weighted by Gasteiger charge is 2.63. The van der Waals surface area contributed by atoms with Crippen molar-refractivity contribution in [3.63, 3.8) is 0 Å². The molecule has 2 aromatic rings. The summed E-state index contributed by atoms with van der Waals surface area (Å²) in [5, 5.41) is 14.9. The maximum Gasteiger partial charge on any atom is 0.405 e. The Morgan fingerprint density at radius 1 is 1.12 bits per heavy atom. The number of hydrogen-bond acceptors (Lipinski definition) is 10. The molecule has 1 aromatic carbocycles. The first-order valence-corrected chi connectivity index (χ1v) is 18.5. The lowest BCUT2D eigenvalue weighted by Crippen LogP contribution is -2.59. The second-order valence-electron chi connectivity index (χ2n) is 14.4. The Morgan fingerprint density at radius 3 is 2.58 bits per heavy atom. The van der Waals surface area contributed by atoms with Crippen molar-refractivity contribution in [1.82, 2.24) is 30.2 Å². The number of sulfonamides is 1. The number of rotatable bonds is 7. The molecule has 50 heavy (non-hydrogen) atoms. The van der Waals surface area contributed by atoms with Gasteiger partial charge >= 0.3 is 6.09 Å². The van der Waals surface area contributed by atoms with Gasteiger partial charge < -0.3 is 30.1 Å². The molecular formula is C34H44N6O9S. The van der Waals surface area contributed by atoms with Gasteiger partial charge in [0.15, 0.2) is 0 Å². The summed E-state index contributed by atoms with van der Waals surface area (Å²) in [4.78, 5) is 64.3. The fraction of sp³-hybridized carbons (Fsp3) is 0.588. The summed E-state index contributed by atoms with van der Waals surface area (Å²) in [5.74, 6) is -2.16. The molecule has 270 valence electrons. The van der Waals surface area contributed by atoms with E-state index in [1.54, 1.807) is 32.0 Å². The monoisotopic (exact) mass is 712 g/mol. The summed E-state index contributed by atoms with van der Waals surface area (Å²) < 4.78 is 38.8. The van der Waals surface area contributed by atoms with Gasteiger partial charge in [-0.15, -0.1) is 0 Å². The van der Waals surface area contributed by atoms with Crippen LogP contribution in [0.3, 0.4) is 0 Å². The van der Waals surface area contributed by atoms with Crippen molar-refractivity contribution in [3.05, 3.63) is 36.5 Å². The molecule has 2 aliphatic carbocycles. The Hall–Kier alpha value is -4.47. The molecule has 0 bridgehead atoms. The minimum absolute atomic E-state index is 0.00478. The van der Waals surface area contributed by atoms with Crippen LogP contribution in [0.15, 0.2) is 36.5 Å². The maximum atomic E-state index is 14.2. The van der Waals surface area contributed by atoms with Gasteiger partial charge in [0.1, 0.15) is 29.5 Å². The van der Waals surface area contributed by atoms with Crippen molar-refractivity contribution >= 4 is 44.9 Å². The standard InChI is InChI=1S/C34H44N6O9S/c1-19-6-5-7-20(2)28(37-32(44)45)30(42)40-18-23(49-27-17-35-24-11-10-22(48-4)14-25(24)36-27)15-26(40)29(41)38-34(16-21(34)9-8-19)31(43)39-50(46,47)33(3)12-13-33/h8-11,14,17,19-21,23,26,28,37H,5-7,12-13,15-16,18H2,1-4H3,(H,38,41)(H,39,43)(H,44,45)/b9-8-/t19-,20+,21+,23+,26-,28-,34+/m0/s1. The van der Waals surface area contributed by atoms with Gasteiger partial charge in [-0.05, 0) is 63.0 Å². The zero-order chi connectivity index (χ0) is 36.0. The Balaban J connectivity index is 1.32. The second-order valence-corrected chi connectivity index (χ2v) is 16.6. The molecule has 15 nitrogen and oxygen atoms in total. The van der Waals surface area contributed by atoms with Crippen LogP contribution in [0, 0.1) is 17.8 Å². The molecule has 4 amide bonds. The fourth-order valence-corrected chi connectivity index (χ4v) is 8.19. The SMILES string of the molecule is COc1ccc2ncc(O[C@@H]3C[C@H]4C(=O)N[C@]5(C(=O)NS(=O)(=O)C6(C)CC6)C[C@H]5/C=C\[C@@H](C)CCC[C@@H](C)[C@H](NC(=O)O)C(=O)N4C3)nc2c1. The Morgan fingerprint density at radius 2 is 1.88 bits per heavy atom. The first-order chi connectivity index (χ1) is 23.6. The number of methoxy groups -OCH3 is 1. The molecule has 3 heterocycles. The average molecular weight is 713 g/mol. The van der Waals surface area contributed by atoms with Gasteiger partial charge in [0.25, 0.3) is 5.91 Å². The molecule has 0 radical (unpaired) electrons. The fourth-order valence-electron chi connectivity index (χ4n) is 6.88. The number of ether oxygens (including phenoxy) is 2. The van der Waals surface area contributed by atoms with Gasteiger partial charge in [-0.1, -0.05) is 32.4 Å². The molecule has 16 heteroatoms. The topological polar surface area (TPSA) is 206 Å². The number of aromatic nitrogens is 2. The normalized spacial score (nSPS) is 31.6. The quantitative estimate of drug-likeness (QED) is 0.307. The van der Waals surface area contributed by atoms with E-state index in [0.717, 1.165) is 6.42 Å². The number of nitrogens with zero attached hydrogens (tertiary/aromatic N) is 3. The van der Waals surface area contributed by atoms with E-state index in [-0.39, 0.29) is 31.2 Å². The smallest absolute Gasteiger partial charge is 0.405 e. The predicted molar refractivity (Wildman–Crippen MR) is 181 cm³/mol. The van der Waals surface area contributed by atoms with Crippen LogP contribution in [0.5, 0.6) is 11.6 Å². The van der Waals surface area contributed by atoms with E-state index in [1.807, 2.05) is 19.1 Å². The van der Waals surface area contributed by atoms with Gasteiger partial charge in [-0.25, -0.2) is 23.2 Å². The molecule has 7 atom stereocenters. The van der Waals surface area contributed by atoms with Crippen LogP contribution >= 0.6 is 0 Å². The predicted octanol–water partition coefficient (Wildman–Crippen LogP) is 2.51. The van der Waals surface area contributed by atoms with Crippen LogP contribution in [0.4, 0.5) is 4.79 Å². The third-order valence-electron chi connectivity index (χ3n) is 10.6. The van der Waals surface area contributed by atoms with Gasteiger partial charge in [-0.3, -0.25) is 19.1 Å². The molecule has 4 N–H and O–H groups in total. The minimum atomic E-state index is -4.00. The van der Waals surface area contributed by atoms with E-state index in [2.05, 4.69) is 25.3 Å². The van der Waals surface area contributed by atoms with Crippen LogP contribution in [0.2, 0.25) is 0 Å². The lowest BCUT2D eigenvalue weighted by Gasteiger charge is -2.31. The summed E-state index contributed by atoms with van der Waals surface area (Å²) in [6.45, 7) is 5.30. The minimum Gasteiger partial charge on any atom is -0.497 e. The number of carbonyl (C=O) groups excluding carboxylic acids is 3. The zero-order valence-electron chi connectivity index (χ0n) is 28.5. The van der Waals surface area contributed by atoms with E-state index >= 15 is 0 Å². The number of nitrogens with one attached hydrogen (secondary N) is 3. The Bertz CT molecular complexity index is 1830. The van der Waals surface area contributed by atoms with E-state index in [0.29, 0.717) is 42.5 Å². The lowest BCUT2D eigenvalue weighted by molar-refractivity contribution is -0.142. The van der Waals surface area contributed by atoms with Crippen molar-refractivity contribution < 1.29 is 42.2 Å². The highest BCUT2D eigenvalue weighted by molar-refractivity contribution is 7.91.